The zero-order valence-corrected chi connectivity index (χ0v) is 24.2. The van der Waals surface area contributed by atoms with Crippen LogP contribution in [-0.4, -0.2) is 46.0 Å². The van der Waals surface area contributed by atoms with Gasteiger partial charge in [0.25, 0.3) is 5.56 Å². The SMILES string of the molecule is CCOC(=O)c1sc2c(c1C)c(=O)n(C(C)(CC)C(=O)O)c(=O)n2C[C@H](OC(C)CC)c1ccccc1OC. The van der Waals surface area contributed by atoms with Crippen molar-refractivity contribution < 1.29 is 28.9 Å². The molecule has 3 rings (SSSR count). The largest absolute Gasteiger partial charge is 0.496 e. The normalized spacial score (nSPS) is 14.5. The number of rotatable bonds is 12. The summed E-state index contributed by atoms with van der Waals surface area (Å²) in [6.07, 6.45) is -0.185. The van der Waals surface area contributed by atoms with Crippen molar-refractivity contribution in [1.82, 2.24) is 9.13 Å². The molecule has 2 aromatic heterocycles. The van der Waals surface area contributed by atoms with E-state index in [2.05, 4.69) is 0 Å². The van der Waals surface area contributed by atoms with Crippen LogP contribution in [0.5, 0.6) is 5.75 Å². The van der Waals surface area contributed by atoms with E-state index >= 15 is 0 Å². The van der Waals surface area contributed by atoms with E-state index < -0.39 is 34.8 Å². The molecule has 11 heteroatoms. The van der Waals surface area contributed by atoms with Crippen LogP contribution in [0.1, 0.15) is 74.4 Å². The highest BCUT2D eigenvalue weighted by Gasteiger charge is 2.39. The van der Waals surface area contributed by atoms with E-state index in [9.17, 15) is 24.3 Å². The van der Waals surface area contributed by atoms with Gasteiger partial charge in [-0.2, -0.15) is 0 Å². The van der Waals surface area contributed by atoms with Gasteiger partial charge in [-0.25, -0.2) is 19.0 Å². The van der Waals surface area contributed by atoms with Crippen LogP contribution < -0.4 is 16.0 Å². The minimum atomic E-state index is -1.82. The molecular weight excluding hydrogens is 524 g/mol. The monoisotopic (exact) mass is 560 g/mol. The molecule has 0 aliphatic carbocycles. The zero-order valence-electron chi connectivity index (χ0n) is 23.4. The number of carbonyl (C=O) groups excluding carboxylic acids is 1. The van der Waals surface area contributed by atoms with Crippen molar-refractivity contribution >= 4 is 33.5 Å². The molecule has 0 amide bonds. The summed E-state index contributed by atoms with van der Waals surface area (Å²) >= 11 is 0.975. The van der Waals surface area contributed by atoms with Crippen LogP contribution in [0.3, 0.4) is 0 Å². The molecule has 212 valence electrons. The van der Waals surface area contributed by atoms with Crippen LogP contribution in [0.15, 0.2) is 33.9 Å². The molecule has 0 spiro atoms. The van der Waals surface area contributed by atoms with E-state index in [-0.39, 0.29) is 40.8 Å². The first-order valence-corrected chi connectivity index (χ1v) is 13.8. The lowest BCUT2D eigenvalue weighted by atomic mass is 9.98. The molecule has 0 radical (unpaired) electrons. The van der Waals surface area contributed by atoms with E-state index in [0.29, 0.717) is 23.3 Å². The number of nitrogens with zero attached hydrogens (tertiary/aromatic N) is 2. The van der Waals surface area contributed by atoms with Crippen molar-refractivity contribution in [3.05, 3.63) is 61.1 Å². The van der Waals surface area contributed by atoms with Crippen LogP contribution >= 0.6 is 11.3 Å². The number of ether oxygens (including phenoxy) is 3. The van der Waals surface area contributed by atoms with Crippen molar-refractivity contribution in [2.75, 3.05) is 13.7 Å². The maximum atomic E-state index is 14.1. The number of hydrogen-bond donors (Lipinski definition) is 1. The van der Waals surface area contributed by atoms with Crippen LogP contribution in [0, 0.1) is 6.92 Å². The highest BCUT2D eigenvalue weighted by Crippen LogP contribution is 2.34. The number of para-hydroxylation sites is 1. The lowest BCUT2D eigenvalue weighted by Gasteiger charge is -2.28. The molecule has 3 aromatic rings. The summed E-state index contributed by atoms with van der Waals surface area (Å²) in [6, 6.07) is 7.27. The van der Waals surface area contributed by atoms with Gasteiger partial charge in [-0.15, -0.1) is 11.3 Å². The molecule has 0 saturated carbocycles. The van der Waals surface area contributed by atoms with Gasteiger partial charge in [0, 0.05) is 5.56 Å². The number of carbonyl (C=O) groups is 2. The Hall–Kier alpha value is -3.44. The second-order valence-electron chi connectivity index (χ2n) is 9.51. The van der Waals surface area contributed by atoms with E-state index in [0.717, 1.165) is 15.9 Å². The standard InChI is InChI=1S/C28H36N2O8S/c1-8-16(4)38-20(18-13-11-12-14-19(18)36-7)15-29-24-21(17(5)22(39-24)25(32)37-10-3)23(31)30(27(29)35)28(6,9-2)26(33)34/h11-14,16,20H,8-10,15H2,1-7H3,(H,33,34)/t16?,20-,28?/m0/s1. The Morgan fingerprint density at radius 3 is 2.38 bits per heavy atom. The van der Waals surface area contributed by atoms with Gasteiger partial charge in [-0.05, 0) is 52.2 Å². The van der Waals surface area contributed by atoms with E-state index in [1.54, 1.807) is 26.8 Å². The minimum absolute atomic E-state index is 0.0176. The molecule has 2 unspecified atom stereocenters. The maximum Gasteiger partial charge on any atom is 0.348 e. The maximum absolute atomic E-state index is 14.1. The molecule has 0 aliphatic heterocycles. The second-order valence-corrected chi connectivity index (χ2v) is 10.5. The zero-order chi connectivity index (χ0) is 29.1. The van der Waals surface area contributed by atoms with Gasteiger partial charge in [0.15, 0.2) is 0 Å². The molecule has 10 nitrogen and oxygen atoms in total. The summed E-state index contributed by atoms with van der Waals surface area (Å²) < 4.78 is 19.2. The average Bonchev–Trinajstić information content (AvgIpc) is 3.27. The quantitative estimate of drug-likeness (QED) is 0.321. The van der Waals surface area contributed by atoms with Gasteiger partial charge >= 0.3 is 17.6 Å². The lowest BCUT2D eigenvalue weighted by Crippen LogP contribution is -2.54. The van der Waals surface area contributed by atoms with Crippen molar-refractivity contribution in [2.45, 2.75) is 78.7 Å². The Bertz CT molecular complexity index is 1490. The Balaban J connectivity index is 2.43. The molecule has 1 aromatic carbocycles. The number of thiophene rings is 1. The van der Waals surface area contributed by atoms with Crippen LogP contribution in [0.4, 0.5) is 0 Å². The van der Waals surface area contributed by atoms with E-state index in [1.807, 2.05) is 32.0 Å². The fourth-order valence-corrected chi connectivity index (χ4v) is 5.62. The Morgan fingerprint density at radius 1 is 1.15 bits per heavy atom. The van der Waals surface area contributed by atoms with E-state index in [1.165, 1.54) is 18.6 Å². The Kier molecular flexibility index (Phi) is 9.39. The molecule has 2 heterocycles. The molecule has 3 atom stereocenters. The molecule has 0 bridgehead atoms. The van der Waals surface area contributed by atoms with Crippen molar-refractivity contribution in [3.8, 4) is 5.75 Å². The number of aliphatic carboxylic acids is 1. The Labute approximate surface area is 230 Å². The second kappa shape index (κ2) is 12.2. The first-order valence-electron chi connectivity index (χ1n) is 12.9. The summed E-state index contributed by atoms with van der Waals surface area (Å²) in [5.74, 6) is -1.37. The number of carboxylic acid groups (broad SMARTS) is 1. The molecule has 0 aliphatic rings. The topological polar surface area (TPSA) is 126 Å². The predicted molar refractivity (Wildman–Crippen MR) is 149 cm³/mol. The highest BCUT2D eigenvalue weighted by atomic mass is 32.1. The van der Waals surface area contributed by atoms with Gasteiger partial charge in [0.05, 0.1) is 31.8 Å². The number of carboxylic acids is 1. The van der Waals surface area contributed by atoms with Crippen LogP contribution in [0.25, 0.3) is 10.2 Å². The third-order valence-electron chi connectivity index (χ3n) is 7.12. The summed E-state index contributed by atoms with van der Waals surface area (Å²) in [5.41, 5.74) is -2.36. The van der Waals surface area contributed by atoms with Crippen LogP contribution in [0.2, 0.25) is 0 Å². The molecule has 1 N–H and O–H groups in total. The third kappa shape index (κ3) is 5.51. The summed E-state index contributed by atoms with van der Waals surface area (Å²) in [7, 11) is 1.54. The number of benzene rings is 1. The molecule has 0 saturated heterocycles. The lowest BCUT2D eigenvalue weighted by molar-refractivity contribution is -0.147. The van der Waals surface area contributed by atoms with Gasteiger partial charge < -0.3 is 19.3 Å². The number of hydrogen-bond acceptors (Lipinski definition) is 8. The molecule has 0 fully saturated rings. The van der Waals surface area contributed by atoms with Gasteiger partial charge in [0.2, 0.25) is 0 Å². The average molecular weight is 561 g/mol. The number of aromatic nitrogens is 2. The van der Waals surface area contributed by atoms with Gasteiger partial charge in [-0.1, -0.05) is 32.0 Å². The fourth-order valence-electron chi connectivity index (χ4n) is 4.43. The fraction of sp³-hybridized carbons (Fsp3) is 0.500. The molecule has 39 heavy (non-hydrogen) atoms. The number of aryl methyl sites for hydroxylation is 1. The third-order valence-corrected chi connectivity index (χ3v) is 8.42. The van der Waals surface area contributed by atoms with E-state index in [4.69, 9.17) is 14.2 Å². The minimum Gasteiger partial charge on any atom is -0.496 e. The van der Waals surface area contributed by atoms with Crippen molar-refractivity contribution in [2.24, 2.45) is 0 Å². The summed E-state index contributed by atoms with van der Waals surface area (Å²) in [5, 5.41) is 10.2. The van der Waals surface area contributed by atoms with Crippen molar-refractivity contribution in [3.63, 3.8) is 0 Å². The summed E-state index contributed by atoms with van der Waals surface area (Å²) in [4.78, 5) is 53.4. The molecular formula is C28H36N2O8S. The number of fused-ring (bicyclic) bond motifs is 1. The van der Waals surface area contributed by atoms with Gasteiger partial charge in [0.1, 0.15) is 27.1 Å². The highest BCUT2D eigenvalue weighted by molar-refractivity contribution is 7.20. The first kappa shape index (κ1) is 30.1. The van der Waals surface area contributed by atoms with Crippen molar-refractivity contribution in [1.29, 1.82) is 0 Å². The first-order chi connectivity index (χ1) is 18.5. The smallest absolute Gasteiger partial charge is 0.348 e. The Morgan fingerprint density at radius 2 is 1.82 bits per heavy atom. The van der Waals surface area contributed by atoms with Gasteiger partial charge in [-0.3, -0.25) is 9.36 Å². The van der Waals surface area contributed by atoms with Crippen LogP contribution in [-0.2, 0) is 26.4 Å². The number of methoxy groups -OCH3 is 1. The predicted octanol–water partition coefficient (Wildman–Crippen LogP) is 4.48. The summed E-state index contributed by atoms with van der Waals surface area (Å²) in [6.45, 7) is 10.2. The number of esters is 1.